The van der Waals surface area contributed by atoms with Gasteiger partial charge in [0.05, 0.1) is 6.26 Å². The first-order chi connectivity index (χ1) is 6.76. The number of amides is 1. The maximum atomic E-state index is 11.2. The smallest absolute Gasteiger partial charge is 0.338 e. The van der Waals surface area contributed by atoms with Crippen LogP contribution in [-0.2, 0) is 23.9 Å². The van der Waals surface area contributed by atoms with Gasteiger partial charge in [0.2, 0.25) is 5.91 Å². The first-order valence-electron chi connectivity index (χ1n) is 4.15. The summed E-state index contributed by atoms with van der Waals surface area (Å²) in [6.07, 6.45) is 0.844. The first kappa shape index (κ1) is 13.8. The van der Waals surface area contributed by atoms with Crippen molar-refractivity contribution >= 4 is 22.0 Å². The molecule has 1 amide bonds. The van der Waals surface area contributed by atoms with Crippen LogP contribution in [0.4, 0.5) is 0 Å². The van der Waals surface area contributed by atoms with E-state index < -0.39 is 28.0 Å². The van der Waals surface area contributed by atoms with Gasteiger partial charge >= 0.3 is 16.1 Å². The summed E-state index contributed by atoms with van der Waals surface area (Å²) in [5.41, 5.74) is 4.89. The molecule has 0 spiro atoms. The molecule has 0 aliphatic heterocycles. The molecule has 7 nitrogen and oxygen atoms in total. The molecule has 0 aromatic heterocycles. The van der Waals surface area contributed by atoms with Crippen LogP contribution < -0.4 is 11.1 Å². The first-order valence-corrected chi connectivity index (χ1v) is 5.96. The summed E-state index contributed by atoms with van der Waals surface area (Å²) in [5.74, 6) is -1.51. The van der Waals surface area contributed by atoms with Gasteiger partial charge in [-0.25, -0.2) is 4.79 Å². The summed E-state index contributed by atoms with van der Waals surface area (Å²) in [4.78, 5) is 21.6. The Labute approximate surface area is 88.1 Å². The van der Waals surface area contributed by atoms with Crippen LogP contribution in [0.1, 0.15) is 12.8 Å². The molecule has 15 heavy (non-hydrogen) atoms. The minimum absolute atomic E-state index is 0.0234. The lowest BCUT2D eigenvalue weighted by Crippen LogP contribution is -2.37. The predicted octanol–water partition coefficient (Wildman–Crippen LogP) is -1.66. The van der Waals surface area contributed by atoms with Crippen LogP contribution in [-0.4, -0.2) is 39.6 Å². The van der Waals surface area contributed by atoms with Gasteiger partial charge in [-0.3, -0.25) is 4.79 Å². The second-order valence-electron chi connectivity index (χ2n) is 2.95. The zero-order valence-electron chi connectivity index (χ0n) is 8.52. The van der Waals surface area contributed by atoms with E-state index in [9.17, 15) is 18.0 Å². The molecule has 0 aliphatic carbocycles. The fraction of sp³-hybridized carbons (Fsp3) is 0.714. The molecule has 0 aromatic rings. The average molecular weight is 238 g/mol. The SMILES string of the molecule is CN[C@H](CCC(N)=O)C(=O)OS(C)(=O)=O. The van der Waals surface area contributed by atoms with Crippen LogP contribution in [0, 0.1) is 0 Å². The van der Waals surface area contributed by atoms with Crippen molar-refractivity contribution in [2.24, 2.45) is 5.73 Å². The van der Waals surface area contributed by atoms with Crippen LogP contribution in [0.25, 0.3) is 0 Å². The normalized spacial score (nSPS) is 13.2. The topological polar surface area (TPSA) is 116 Å². The van der Waals surface area contributed by atoms with E-state index in [4.69, 9.17) is 5.73 Å². The molecule has 0 radical (unpaired) electrons. The third-order valence-corrected chi connectivity index (χ3v) is 2.01. The number of carbonyl (C=O) groups is 2. The van der Waals surface area contributed by atoms with Gasteiger partial charge in [0, 0.05) is 6.42 Å². The van der Waals surface area contributed by atoms with Crippen molar-refractivity contribution in [3.05, 3.63) is 0 Å². The summed E-state index contributed by atoms with van der Waals surface area (Å²) >= 11 is 0. The third kappa shape index (κ3) is 6.86. The Balaban J connectivity index is 4.29. The molecule has 0 aliphatic rings. The number of hydrogen-bond acceptors (Lipinski definition) is 6. The second kappa shape index (κ2) is 5.66. The highest BCUT2D eigenvalue weighted by atomic mass is 32.2. The summed E-state index contributed by atoms with van der Waals surface area (Å²) in [6.45, 7) is 0. The number of carbonyl (C=O) groups excluding carboxylic acids is 2. The minimum Gasteiger partial charge on any atom is -0.370 e. The molecule has 0 rings (SSSR count). The lowest BCUT2D eigenvalue weighted by Gasteiger charge is -2.12. The molecule has 0 unspecified atom stereocenters. The Hall–Kier alpha value is -1.15. The standard InChI is InChI=1S/C7H14N2O5S/c1-9-5(3-4-6(8)10)7(11)14-15(2,12)13/h5,9H,3-4H2,1-2H3,(H2,8,10)/t5-/m1/s1. The Bertz CT molecular complexity index is 337. The molecule has 8 heteroatoms. The van der Waals surface area contributed by atoms with Crippen molar-refractivity contribution in [1.29, 1.82) is 0 Å². The monoisotopic (exact) mass is 238 g/mol. The van der Waals surface area contributed by atoms with Crippen LogP contribution >= 0.6 is 0 Å². The fourth-order valence-electron chi connectivity index (χ4n) is 0.874. The molecular weight excluding hydrogens is 224 g/mol. The maximum Gasteiger partial charge on any atom is 0.338 e. The lowest BCUT2D eigenvalue weighted by molar-refractivity contribution is -0.136. The number of nitrogens with one attached hydrogen (secondary N) is 1. The largest absolute Gasteiger partial charge is 0.370 e. The highest BCUT2D eigenvalue weighted by Crippen LogP contribution is 2.01. The fourth-order valence-corrected chi connectivity index (χ4v) is 1.29. The number of primary amides is 1. The van der Waals surface area contributed by atoms with E-state index >= 15 is 0 Å². The summed E-state index contributed by atoms with van der Waals surface area (Å²) in [5, 5.41) is 2.53. The van der Waals surface area contributed by atoms with Crippen LogP contribution in [0.15, 0.2) is 0 Å². The summed E-state index contributed by atoms with van der Waals surface area (Å²) < 4.78 is 25.4. The number of nitrogens with two attached hydrogens (primary N) is 1. The van der Waals surface area contributed by atoms with Gasteiger partial charge in [0.25, 0.3) is 0 Å². The summed E-state index contributed by atoms with van der Waals surface area (Å²) in [6, 6.07) is -0.854. The molecule has 88 valence electrons. The molecule has 0 heterocycles. The molecule has 3 N–H and O–H groups in total. The zero-order valence-corrected chi connectivity index (χ0v) is 9.33. The van der Waals surface area contributed by atoms with Gasteiger partial charge in [-0.05, 0) is 13.5 Å². The number of hydrogen-bond donors (Lipinski definition) is 2. The van der Waals surface area contributed by atoms with Crippen molar-refractivity contribution < 1.29 is 22.2 Å². The van der Waals surface area contributed by atoms with Crippen molar-refractivity contribution in [2.75, 3.05) is 13.3 Å². The molecule has 0 saturated carbocycles. The van der Waals surface area contributed by atoms with E-state index in [-0.39, 0.29) is 12.8 Å². The highest BCUT2D eigenvalue weighted by molar-refractivity contribution is 7.86. The van der Waals surface area contributed by atoms with E-state index in [1.165, 1.54) is 7.05 Å². The lowest BCUT2D eigenvalue weighted by atomic mass is 10.1. The van der Waals surface area contributed by atoms with Crippen molar-refractivity contribution in [3.63, 3.8) is 0 Å². The van der Waals surface area contributed by atoms with E-state index in [1.54, 1.807) is 0 Å². The van der Waals surface area contributed by atoms with Gasteiger partial charge in [-0.1, -0.05) is 0 Å². The van der Waals surface area contributed by atoms with Crippen molar-refractivity contribution in [2.45, 2.75) is 18.9 Å². The van der Waals surface area contributed by atoms with Crippen molar-refractivity contribution in [3.8, 4) is 0 Å². The predicted molar refractivity (Wildman–Crippen MR) is 52.2 cm³/mol. The van der Waals surface area contributed by atoms with Gasteiger partial charge in [0.15, 0.2) is 0 Å². The highest BCUT2D eigenvalue weighted by Gasteiger charge is 2.22. The average Bonchev–Trinajstić information content (AvgIpc) is 2.01. The van der Waals surface area contributed by atoms with Crippen LogP contribution in [0.3, 0.4) is 0 Å². The molecule has 1 atom stereocenters. The van der Waals surface area contributed by atoms with Gasteiger partial charge in [0.1, 0.15) is 6.04 Å². The zero-order chi connectivity index (χ0) is 12.1. The molecular formula is C7H14N2O5S. The molecule has 0 fully saturated rings. The van der Waals surface area contributed by atoms with Crippen molar-refractivity contribution in [1.82, 2.24) is 5.32 Å². The molecule has 0 aromatic carbocycles. The third-order valence-electron chi connectivity index (χ3n) is 1.55. The van der Waals surface area contributed by atoms with Gasteiger partial charge in [-0.2, -0.15) is 8.42 Å². The quantitative estimate of drug-likeness (QED) is 0.535. The van der Waals surface area contributed by atoms with E-state index in [2.05, 4.69) is 9.50 Å². The second-order valence-corrected chi connectivity index (χ2v) is 4.53. The van der Waals surface area contributed by atoms with Crippen LogP contribution in [0.2, 0.25) is 0 Å². The van der Waals surface area contributed by atoms with Gasteiger partial charge in [-0.15, -0.1) is 0 Å². The Morgan fingerprint density at radius 1 is 1.47 bits per heavy atom. The molecule has 0 bridgehead atoms. The maximum absolute atomic E-state index is 11.2. The number of likely N-dealkylation sites (N-methyl/N-ethyl adjacent to an activating group) is 1. The Morgan fingerprint density at radius 2 is 2.00 bits per heavy atom. The van der Waals surface area contributed by atoms with E-state index in [1.807, 2.05) is 0 Å². The van der Waals surface area contributed by atoms with E-state index in [0.29, 0.717) is 0 Å². The van der Waals surface area contributed by atoms with Crippen LogP contribution in [0.5, 0.6) is 0 Å². The Kier molecular flexibility index (Phi) is 5.23. The number of rotatable bonds is 6. The molecule has 0 saturated heterocycles. The van der Waals surface area contributed by atoms with E-state index in [0.717, 1.165) is 6.26 Å². The Morgan fingerprint density at radius 3 is 2.33 bits per heavy atom. The van der Waals surface area contributed by atoms with Gasteiger partial charge < -0.3 is 15.2 Å². The summed E-state index contributed by atoms with van der Waals surface area (Å²) in [7, 11) is -2.37. The minimum atomic E-state index is -3.82.